The van der Waals surface area contributed by atoms with Gasteiger partial charge in [0, 0.05) is 5.92 Å². The molecule has 21 heavy (non-hydrogen) atoms. The highest BCUT2D eigenvalue weighted by Crippen LogP contribution is 2.30. The summed E-state index contributed by atoms with van der Waals surface area (Å²) in [5.74, 6) is 0.0881. The van der Waals surface area contributed by atoms with Crippen molar-refractivity contribution in [3.8, 4) is 0 Å². The number of rotatable bonds is 6. The van der Waals surface area contributed by atoms with Crippen LogP contribution in [0.15, 0.2) is 64.6 Å². The number of isocyanates is 2. The predicted molar refractivity (Wildman–Crippen MR) is 80.1 cm³/mol. The molecule has 0 bridgehead atoms. The van der Waals surface area contributed by atoms with Gasteiger partial charge in [-0.3, -0.25) is 0 Å². The van der Waals surface area contributed by atoms with Gasteiger partial charge >= 0.3 is 0 Å². The Kier molecular flexibility index (Phi) is 5.36. The molecule has 0 aliphatic rings. The molecule has 104 valence electrons. The molecule has 2 rings (SSSR count). The van der Waals surface area contributed by atoms with E-state index in [0.717, 1.165) is 11.1 Å². The van der Waals surface area contributed by atoms with Crippen molar-refractivity contribution in [2.24, 2.45) is 9.98 Å². The summed E-state index contributed by atoms with van der Waals surface area (Å²) in [4.78, 5) is 27.9. The maximum absolute atomic E-state index is 10.4. The lowest BCUT2D eigenvalue weighted by molar-refractivity contribution is 0.561. The summed E-state index contributed by atoms with van der Waals surface area (Å²) in [5, 5.41) is 0. The molecular weight excluding hydrogens is 264 g/mol. The average Bonchev–Trinajstić information content (AvgIpc) is 2.53. The highest BCUT2D eigenvalue weighted by atomic mass is 16.1. The van der Waals surface area contributed by atoms with Crippen LogP contribution in [-0.2, 0) is 9.59 Å². The Morgan fingerprint density at radius 1 is 0.905 bits per heavy atom. The summed E-state index contributed by atoms with van der Waals surface area (Å²) in [6.07, 6.45) is 3.80. The van der Waals surface area contributed by atoms with Crippen molar-refractivity contribution in [2.45, 2.75) is 12.3 Å². The van der Waals surface area contributed by atoms with Gasteiger partial charge in [0.1, 0.15) is 0 Å². The molecule has 0 aromatic heterocycles. The minimum Gasteiger partial charge on any atom is -0.211 e. The fourth-order valence-electron chi connectivity index (χ4n) is 2.31. The first-order valence-electron chi connectivity index (χ1n) is 6.61. The van der Waals surface area contributed by atoms with Crippen molar-refractivity contribution in [3.05, 3.63) is 65.7 Å². The number of hydrogen-bond donors (Lipinski definition) is 0. The maximum atomic E-state index is 10.4. The molecule has 4 nitrogen and oxygen atoms in total. The predicted octanol–water partition coefficient (Wildman–Crippen LogP) is 3.51. The molecule has 0 aliphatic carbocycles. The zero-order valence-corrected chi connectivity index (χ0v) is 11.4. The van der Waals surface area contributed by atoms with Crippen LogP contribution in [0.5, 0.6) is 0 Å². The third-order valence-corrected chi connectivity index (χ3v) is 3.24. The maximum Gasteiger partial charge on any atom is 0.240 e. The van der Waals surface area contributed by atoms with Crippen molar-refractivity contribution in [2.75, 3.05) is 6.54 Å². The topological polar surface area (TPSA) is 58.9 Å². The van der Waals surface area contributed by atoms with Gasteiger partial charge < -0.3 is 0 Å². The van der Waals surface area contributed by atoms with Crippen LogP contribution in [0.25, 0.3) is 0 Å². The van der Waals surface area contributed by atoms with Crippen LogP contribution < -0.4 is 0 Å². The lowest BCUT2D eigenvalue weighted by atomic mass is 9.88. The Morgan fingerprint density at radius 3 is 2.38 bits per heavy atom. The van der Waals surface area contributed by atoms with Crippen LogP contribution in [0, 0.1) is 0 Å². The average molecular weight is 278 g/mol. The SMILES string of the molecule is O=C=NCCC(c1ccccc1)c1cccc(N=C=O)c1. The van der Waals surface area contributed by atoms with E-state index in [1.54, 1.807) is 18.2 Å². The van der Waals surface area contributed by atoms with Crippen molar-refractivity contribution < 1.29 is 9.59 Å². The van der Waals surface area contributed by atoms with E-state index >= 15 is 0 Å². The molecule has 0 spiro atoms. The molecular formula is C17H14N2O2. The first-order valence-corrected chi connectivity index (χ1v) is 6.61. The van der Waals surface area contributed by atoms with Gasteiger partial charge in [0.25, 0.3) is 0 Å². The number of aliphatic imine (C=N–C) groups is 2. The smallest absolute Gasteiger partial charge is 0.211 e. The molecule has 0 amide bonds. The van der Waals surface area contributed by atoms with Crippen molar-refractivity contribution in [3.63, 3.8) is 0 Å². The highest BCUT2D eigenvalue weighted by Gasteiger charge is 2.14. The Balaban J connectivity index is 2.36. The van der Waals surface area contributed by atoms with E-state index in [0.29, 0.717) is 18.7 Å². The first-order chi connectivity index (χ1) is 10.3. The Hall–Kier alpha value is -2.80. The minimum absolute atomic E-state index is 0.0881. The fraction of sp³-hybridized carbons (Fsp3) is 0.176. The first kappa shape index (κ1) is 14.6. The summed E-state index contributed by atoms with van der Waals surface area (Å²) in [6, 6.07) is 17.4. The van der Waals surface area contributed by atoms with Gasteiger partial charge in [-0.15, -0.1) is 0 Å². The zero-order chi connectivity index (χ0) is 14.9. The molecule has 4 heteroatoms. The van der Waals surface area contributed by atoms with Gasteiger partial charge in [0.15, 0.2) is 0 Å². The molecule has 0 N–H and O–H groups in total. The van der Waals surface area contributed by atoms with Crippen LogP contribution in [0.2, 0.25) is 0 Å². The quantitative estimate of drug-likeness (QED) is 0.599. The second kappa shape index (κ2) is 7.71. The number of carbonyl (C=O) groups excluding carboxylic acids is 2. The molecule has 2 aromatic rings. The summed E-state index contributed by atoms with van der Waals surface area (Å²) in [7, 11) is 0. The lowest BCUT2D eigenvalue weighted by Crippen LogP contribution is -2.03. The summed E-state index contributed by atoms with van der Waals surface area (Å²) >= 11 is 0. The highest BCUT2D eigenvalue weighted by molar-refractivity contribution is 5.51. The molecule has 1 unspecified atom stereocenters. The van der Waals surface area contributed by atoms with Crippen LogP contribution in [0.3, 0.4) is 0 Å². The van der Waals surface area contributed by atoms with E-state index in [1.165, 1.54) is 0 Å². The van der Waals surface area contributed by atoms with Gasteiger partial charge in [-0.1, -0.05) is 42.5 Å². The van der Waals surface area contributed by atoms with Gasteiger partial charge in [-0.2, -0.15) is 4.99 Å². The number of hydrogen-bond acceptors (Lipinski definition) is 4. The summed E-state index contributed by atoms with van der Waals surface area (Å²) in [5.41, 5.74) is 2.73. The largest absolute Gasteiger partial charge is 0.240 e. The number of nitrogens with zero attached hydrogens (tertiary/aromatic N) is 2. The standard InChI is InChI=1S/C17H14N2O2/c20-12-18-10-9-17(14-5-2-1-3-6-14)15-7-4-8-16(11-15)19-13-21/h1-8,11,17H,9-10H2. The second-order valence-corrected chi connectivity index (χ2v) is 4.52. The fourth-order valence-corrected chi connectivity index (χ4v) is 2.31. The molecule has 2 aromatic carbocycles. The Morgan fingerprint density at radius 2 is 1.67 bits per heavy atom. The Labute approximate surface area is 122 Å². The molecule has 1 atom stereocenters. The third-order valence-electron chi connectivity index (χ3n) is 3.24. The lowest BCUT2D eigenvalue weighted by Gasteiger charge is -2.17. The van der Waals surface area contributed by atoms with Crippen molar-refractivity contribution in [1.82, 2.24) is 0 Å². The monoisotopic (exact) mass is 278 g/mol. The zero-order valence-electron chi connectivity index (χ0n) is 11.4. The minimum atomic E-state index is 0.0881. The summed E-state index contributed by atoms with van der Waals surface area (Å²) < 4.78 is 0. The van der Waals surface area contributed by atoms with Crippen LogP contribution in [-0.4, -0.2) is 18.7 Å². The van der Waals surface area contributed by atoms with Gasteiger partial charge in [0.2, 0.25) is 12.2 Å². The molecule has 0 aliphatic heterocycles. The molecule has 0 fully saturated rings. The van der Waals surface area contributed by atoms with E-state index in [4.69, 9.17) is 0 Å². The van der Waals surface area contributed by atoms with Crippen LogP contribution in [0.1, 0.15) is 23.5 Å². The molecule has 0 heterocycles. The summed E-state index contributed by atoms with van der Waals surface area (Å²) in [6.45, 7) is 0.407. The van der Waals surface area contributed by atoms with E-state index in [1.807, 2.05) is 48.5 Å². The van der Waals surface area contributed by atoms with Crippen LogP contribution in [0.4, 0.5) is 5.69 Å². The molecule has 0 saturated heterocycles. The van der Waals surface area contributed by atoms with Gasteiger partial charge in [0.05, 0.1) is 12.2 Å². The molecule has 0 radical (unpaired) electrons. The van der Waals surface area contributed by atoms with E-state index in [2.05, 4.69) is 9.98 Å². The van der Waals surface area contributed by atoms with Crippen molar-refractivity contribution in [1.29, 1.82) is 0 Å². The third kappa shape index (κ3) is 4.08. The molecule has 0 saturated carbocycles. The van der Waals surface area contributed by atoms with E-state index in [9.17, 15) is 9.59 Å². The normalized spacial score (nSPS) is 11.0. The van der Waals surface area contributed by atoms with E-state index in [-0.39, 0.29) is 5.92 Å². The van der Waals surface area contributed by atoms with E-state index < -0.39 is 0 Å². The van der Waals surface area contributed by atoms with Gasteiger partial charge in [-0.05, 0) is 29.7 Å². The number of benzene rings is 2. The second-order valence-electron chi connectivity index (χ2n) is 4.52. The Bertz CT molecular complexity index is 685. The van der Waals surface area contributed by atoms with Crippen molar-refractivity contribution >= 4 is 17.8 Å². The van der Waals surface area contributed by atoms with Crippen LogP contribution >= 0.6 is 0 Å². The van der Waals surface area contributed by atoms with Gasteiger partial charge in [-0.25, -0.2) is 14.6 Å².